The quantitative estimate of drug-likeness (QED) is 0.639. The molecular formula is C12H14N4O4S. The van der Waals surface area contributed by atoms with Gasteiger partial charge in [-0.25, -0.2) is 13.1 Å². The van der Waals surface area contributed by atoms with Crippen molar-refractivity contribution in [3.63, 3.8) is 0 Å². The van der Waals surface area contributed by atoms with Gasteiger partial charge in [0.15, 0.2) is 0 Å². The fraction of sp³-hybridized carbons (Fsp3) is 0.250. The Morgan fingerprint density at radius 2 is 1.95 bits per heavy atom. The van der Waals surface area contributed by atoms with E-state index >= 15 is 0 Å². The van der Waals surface area contributed by atoms with Crippen molar-refractivity contribution in [3.05, 3.63) is 52.3 Å². The van der Waals surface area contributed by atoms with Gasteiger partial charge in [0, 0.05) is 24.9 Å². The van der Waals surface area contributed by atoms with E-state index in [1.807, 2.05) is 6.92 Å². The van der Waals surface area contributed by atoms with Crippen LogP contribution in [0.5, 0.6) is 0 Å². The Bertz CT molecular complexity index is 737. The van der Waals surface area contributed by atoms with Crippen LogP contribution in [0, 0.1) is 10.1 Å². The third kappa shape index (κ3) is 3.44. The summed E-state index contributed by atoms with van der Waals surface area (Å²) in [6, 6.07) is 6.45. The maximum atomic E-state index is 12.1. The topological polar surface area (TPSA) is 107 Å². The van der Waals surface area contributed by atoms with Crippen LogP contribution in [0.3, 0.4) is 0 Å². The molecule has 112 valence electrons. The molecule has 0 aliphatic rings. The third-order valence-corrected chi connectivity index (χ3v) is 4.32. The highest BCUT2D eigenvalue weighted by molar-refractivity contribution is 7.89. The Balaban J connectivity index is 2.13. The highest BCUT2D eigenvalue weighted by Gasteiger charge is 2.16. The second-order valence-corrected chi connectivity index (χ2v) is 5.98. The lowest BCUT2D eigenvalue weighted by Gasteiger charge is -2.08. The molecule has 1 heterocycles. The molecule has 21 heavy (non-hydrogen) atoms. The standard InChI is InChI=1S/C12H14N4O4S/c1-2-15-11(7-8-13-15)9-14-21(19,20)12-5-3-10(4-6-12)16(17)18/h3-8,14H,2,9H2,1H3. The summed E-state index contributed by atoms with van der Waals surface area (Å²) in [5, 5.41) is 14.6. The molecule has 1 aromatic carbocycles. The van der Waals surface area contributed by atoms with Crippen molar-refractivity contribution in [2.75, 3.05) is 0 Å². The summed E-state index contributed by atoms with van der Waals surface area (Å²) in [5.74, 6) is 0. The molecular weight excluding hydrogens is 296 g/mol. The van der Waals surface area contributed by atoms with Crippen molar-refractivity contribution in [1.82, 2.24) is 14.5 Å². The van der Waals surface area contributed by atoms with Crippen molar-refractivity contribution in [3.8, 4) is 0 Å². The zero-order valence-corrected chi connectivity index (χ0v) is 12.1. The molecule has 0 radical (unpaired) electrons. The van der Waals surface area contributed by atoms with E-state index in [4.69, 9.17) is 0 Å². The largest absolute Gasteiger partial charge is 0.269 e. The molecule has 0 fully saturated rings. The Morgan fingerprint density at radius 3 is 2.52 bits per heavy atom. The number of rotatable bonds is 6. The number of aryl methyl sites for hydroxylation is 1. The molecule has 0 aliphatic heterocycles. The number of hydrogen-bond donors (Lipinski definition) is 1. The molecule has 2 aromatic rings. The van der Waals surface area contributed by atoms with Crippen molar-refractivity contribution in [1.29, 1.82) is 0 Å². The van der Waals surface area contributed by atoms with E-state index < -0.39 is 14.9 Å². The lowest BCUT2D eigenvalue weighted by molar-refractivity contribution is -0.384. The minimum absolute atomic E-state index is 0.0179. The lowest BCUT2D eigenvalue weighted by atomic mass is 10.3. The summed E-state index contributed by atoms with van der Waals surface area (Å²) in [6.45, 7) is 2.65. The average Bonchev–Trinajstić information content (AvgIpc) is 2.93. The fourth-order valence-electron chi connectivity index (χ4n) is 1.79. The van der Waals surface area contributed by atoms with Crippen LogP contribution >= 0.6 is 0 Å². The SMILES string of the molecule is CCn1nccc1CNS(=O)(=O)c1ccc([N+](=O)[O-])cc1. The number of hydrogen-bond acceptors (Lipinski definition) is 5. The predicted octanol–water partition coefficient (Wildman–Crippen LogP) is 1.29. The first-order valence-electron chi connectivity index (χ1n) is 6.19. The van der Waals surface area contributed by atoms with Gasteiger partial charge >= 0.3 is 0 Å². The Labute approximate surface area is 121 Å². The van der Waals surface area contributed by atoms with Crippen LogP contribution < -0.4 is 4.72 Å². The molecule has 9 heteroatoms. The van der Waals surface area contributed by atoms with Gasteiger partial charge in [-0.2, -0.15) is 5.10 Å². The van der Waals surface area contributed by atoms with Gasteiger partial charge in [0.05, 0.1) is 22.1 Å². The van der Waals surface area contributed by atoms with E-state index in [1.54, 1.807) is 16.9 Å². The molecule has 0 spiro atoms. The maximum Gasteiger partial charge on any atom is 0.269 e. The molecule has 0 bridgehead atoms. The first-order chi connectivity index (χ1) is 9.94. The second-order valence-electron chi connectivity index (χ2n) is 4.21. The molecule has 8 nitrogen and oxygen atoms in total. The van der Waals surface area contributed by atoms with Crippen molar-refractivity contribution >= 4 is 15.7 Å². The first kappa shape index (κ1) is 15.1. The summed E-state index contributed by atoms with van der Waals surface area (Å²) in [6.07, 6.45) is 1.60. The van der Waals surface area contributed by atoms with Gasteiger partial charge in [-0.3, -0.25) is 14.8 Å². The van der Waals surface area contributed by atoms with Crippen molar-refractivity contribution in [2.24, 2.45) is 0 Å². The minimum Gasteiger partial charge on any atom is -0.269 e. The van der Waals surface area contributed by atoms with Gasteiger partial charge in [-0.05, 0) is 25.1 Å². The van der Waals surface area contributed by atoms with E-state index in [2.05, 4.69) is 9.82 Å². The summed E-state index contributed by atoms with van der Waals surface area (Å²) >= 11 is 0. The molecule has 2 rings (SSSR count). The van der Waals surface area contributed by atoms with Crippen LogP contribution in [0.1, 0.15) is 12.6 Å². The zero-order valence-electron chi connectivity index (χ0n) is 11.3. The Morgan fingerprint density at radius 1 is 1.29 bits per heavy atom. The van der Waals surface area contributed by atoms with E-state index in [0.29, 0.717) is 6.54 Å². The van der Waals surface area contributed by atoms with E-state index in [9.17, 15) is 18.5 Å². The van der Waals surface area contributed by atoms with Gasteiger partial charge in [0.1, 0.15) is 0 Å². The number of non-ortho nitro benzene ring substituents is 1. The Kier molecular flexibility index (Phi) is 4.34. The van der Waals surface area contributed by atoms with E-state index in [-0.39, 0.29) is 17.1 Å². The van der Waals surface area contributed by atoms with Crippen molar-refractivity contribution in [2.45, 2.75) is 24.9 Å². The van der Waals surface area contributed by atoms with Gasteiger partial charge in [-0.15, -0.1) is 0 Å². The molecule has 1 aromatic heterocycles. The molecule has 1 N–H and O–H groups in total. The maximum absolute atomic E-state index is 12.1. The zero-order chi connectivity index (χ0) is 15.5. The molecule has 0 aliphatic carbocycles. The number of benzene rings is 1. The first-order valence-corrected chi connectivity index (χ1v) is 7.67. The molecule has 0 saturated carbocycles. The van der Waals surface area contributed by atoms with Crippen LogP contribution in [0.15, 0.2) is 41.4 Å². The molecule has 0 unspecified atom stereocenters. The minimum atomic E-state index is -3.72. The monoisotopic (exact) mass is 310 g/mol. The predicted molar refractivity (Wildman–Crippen MR) is 75.0 cm³/mol. The van der Waals surface area contributed by atoms with Crippen LogP contribution in [0.25, 0.3) is 0 Å². The molecule has 0 amide bonds. The number of aromatic nitrogens is 2. The van der Waals surface area contributed by atoms with Crippen LogP contribution in [-0.4, -0.2) is 23.1 Å². The highest BCUT2D eigenvalue weighted by Crippen LogP contribution is 2.15. The third-order valence-electron chi connectivity index (χ3n) is 2.91. The smallest absolute Gasteiger partial charge is 0.269 e. The molecule has 0 saturated heterocycles. The highest BCUT2D eigenvalue weighted by atomic mass is 32.2. The van der Waals surface area contributed by atoms with Crippen LogP contribution in [0.4, 0.5) is 5.69 Å². The van der Waals surface area contributed by atoms with Crippen LogP contribution in [-0.2, 0) is 23.1 Å². The lowest BCUT2D eigenvalue weighted by Crippen LogP contribution is -2.24. The van der Waals surface area contributed by atoms with Gasteiger partial charge in [0.25, 0.3) is 5.69 Å². The summed E-state index contributed by atoms with van der Waals surface area (Å²) in [4.78, 5) is 9.95. The van der Waals surface area contributed by atoms with Crippen LogP contribution in [0.2, 0.25) is 0 Å². The van der Waals surface area contributed by atoms with Gasteiger partial charge in [0.2, 0.25) is 10.0 Å². The average molecular weight is 310 g/mol. The number of nitro benzene ring substituents is 1. The summed E-state index contributed by atoms with van der Waals surface area (Å²) in [5.41, 5.74) is 0.584. The number of nitrogens with one attached hydrogen (secondary N) is 1. The number of nitro groups is 1. The summed E-state index contributed by atoms with van der Waals surface area (Å²) in [7, 11) is -3.72. The fourth-order valence-corrected chi connectivity index (χ4v) is 2.79. The summed E-state index contributed by atoms with van der Waals surface area (Å²) < 4.78 is 28.3. The number of sulfonamides is 1. The molecule has 0 atom stereocenters. The second kappa shape index (κ2) is 6.02. The van der Waals surface area contributed by atoms with Gasteiger partial charge < -0.3 is 0 Å². The van der Waals surface area contributed by atoms with Gasteiger partial charge in [-0.1, -0.05) is 0 Å². The van der Waals surface area contributed by atoms with E-state index in [1.165, 1.54) is 12.1 Å². The van der Waals surface area contributed by atoms with Crippen molar-refractivity contribution < 1.29 is 13.3 Å². The Hall–Kier alpha value is -2.26. The normalized spacial score (nSPS) is 11.5. The number of nitrogens with zero attached hydrogens (tertiary/aromatic N) is 3. The van der Waals surface area contributed by atoms with E-state index in [0.717, 1.165) is 17.8 Å².